The minimum Gasteiger partial charge on any atom is -0.460 e. The molecule has 0 unspecified atom stereocenters. The highest BCUT2D eigenvalue weighted by molar-refractivity contribution is 6.33. The molecule has 0 spiro atoms. The van der Waals surface area contributed by atoms with Gasteiger partial charge in [-0.15, -0.1) is 0 Å². The summed E-state index contributed by atoms with van der Waals surface area (Å²) in [6.45, 7) is 0.512. The van der Waals surface area contributed by atoms with Crippen molar-refractivity contribution >= 4 is 23.5 Å². The summed E-state index contributed by atoms with van der Waals surface area (Å²) in [5.41, 5.74) is 0.635. The van der Waals surface area contributed by atoms with E-state index in [1.165, 1.54) is 31.4 Å². The first-order valence-corrected chi connectivity index (χ1v) is 7.22. The molecule has 0 N–H and O–H groups in total. The zero-order valence-corrected chi connectivity index (χ0v) is 13.2. The molecule has 0 fully saturated rings. The van der Waals surface area contributed by atoms with Gasteiger partial charge in [-0.25, -0.2) is 9.59 Å². The lowest BCUT2D eigenvalue weighted by Crippen LogP contribution is -2.11. The number of rotatable bonds is 6. The summed E-state index contributed by atoms with van der Waals surface area (Å²) in [5, 5.41) is 0.316. The van der Waals surface area contributed by atoms with Crippen LogP contribution in [0.3, 0.4) is 0 Å². The molecule has 0 aliphatic rings. The first-order chi connectivity index (χ1) is 11.1. The molecule has 0 saturated heterocycles. The lowest BCUT2D eigenvalue weighted by atomic mass is 10.2. The first kappa shape index (κ1) is 17.0. The maximum atomic E-state index is 12.0. The Morgan fingerprint density at radius 3 is 2.30 bits per heavy atom. The van der Waals surface area contributed by atoms with Crippen LogP contribution < -0.4 is 4.74 Å². The number of benzene rings is 2. The molecular formula is C17H15ClO5. The van der Waals surface area contributed by atoms with E-state index in [0.29, 0.717) is 22.9 Å². The van der Waals surface area contributed by atoms with Gasteiger partial charge in [0.05, 0.1) is 22.8 Å². The Morgan fingerprint density at radius 1 is 0.957 bits per heavy atom. The highest BCUT2D eigenvalue weighted by Crippen LogP contribution is 2.19. The number of methoxy groups -OCH3 is 1. The van der Waals surface area contributed by atoms with Crippen molar-refractivity contribution in [1.29, 1.82) is 0 Å². The van der Waals surface area contributed by atoms with Crippen LogP contribution in [0.5, 0.6) is 5.75 Å². The fraction of sp³-hybridized carbons (Fsp3) is 0.176. The van der Waals surface area contributed by atoms with Crippen molar-refractivity contribution in [3.05, 3.63) is 64.7 Å². The number of carbonyl (C=O) groups is 2. The third-order valence-corrected chi connectivity index (χ3v) is 3.24. The van der Waals surface area contributed by atoms with Crippen LogP contribution in [0.2, 0.25) is 5.02 Å². The van der Waals surface area contributed by atoms with Crippen molar-refractivity contribution in [2.45, 2.75) is 0 Å². The maximum Gasteiger partial charge on any atom is 0.345 e. The Hall–Kier alpha value is -2.37. The summed E-state index contributed by atoms with van der Waals surface area (Å²) in [4.78, 5) is 23.7. The van der Waals surface area contributed by atoms with E-state index in [0.717, 1.165) is 0 Å². The monoisotopic (exact) mass is 334 g/mol. The van der Waals surface area contributed by atoms with Crippen LogP contribution in [0.15, 0.2) is 48.5 Å². The van der Waals surface area contributed by atoms with Crippen LogP contribution in [0, 0.1) is 0 Å². The number of esters is 2. The number of halogens is 1. The van der Waals surface area contributed by atoms with Gasteiger partial charge in [-0.05, 0) is 36.4 Å². The topological polar surface area (TPSA) is 61.8 Å². The van der Waals surface area contributed by atoms with Crippen molar-refractivity contribution in [3.63, 3.8) is 0 Å². The standard InChI is InChI=1S/C17H15ClO5/c1-21-10-11-22-16(19)12-6-8-13(9-7-12)23-17(20)14-4-2-3-5-15(14)18/h2-9H,10-11H2,1H3. The van der Waals surface area contributed by atoms with E-state index in [-0.39, 0.29) is 12.2 Å². The van der Waals surface area contributed by atoms with Gasteiger partial charge in [-0.1, -0.05) is 23.7 Å². The van der Waals surface area contributed by atoms with E-state index in [1.54, 1.807) is 24.3 Å². The minimum absolute atomic E-state index is 0.179. The molecule has 0 atom stereocenters. The Balaban J connectivity index is 1.99. The second-order valence-corrected chi connectivity index (χ2v) is 4.93. The normalized spacial score (nSPS) is 10.2. The molecule has 0 aromatic heterocycles. The summed E-state index contributed by atoms with van der Waals surface area (Å²) in [5.74, 6) is -0.722. The molecule has 5 nitrogen and oxygen atoms in total. The third kappa shape index (κ3) is 4.81. The summed E-state index contributed by atoms with van der Waals surface area (Å²) < 4.78 is 15.0. The Bertz CT molecular complexity index is 682. The second kappa shape index (κ2) is 8.31. The van der Waals surface area contributed by atoms with E-state index >= 15 is 0 Å². The van der Waals surface area contributed by atoms with Crippen molar-refractivity contribution in [2.24, 2.45) is 0 Å². The minimum atomic E-state index is -0.564. The van der Waals surface area contributed by atoms with Gasteiger partial charge in [0.1, 0.15) is 12.4 Å². The van der Waals surface area contributed by atoms with E-state index in [9.17, 15) is 9.59 Å². The Morgan fingerprint density at radius 2 is 1.65 bits per heavy atom. The van der Waals surface area contributed by atoms with E-state index in [2.05, 4.69) is 0 Å². The lowest BCUT2D eigenvalue weighted by Gasteiger charge is -2.07. The zero-order chi connectivity index (χ0) is 16.7. The van der Waals surface area contributed by atoms with Crippen LogP contribution in [-0.4, -0.2) is 32.3 Å². The number of carbonyl (C=O) groups excluding carboxylic acids is 2. The van der Waals surface area contributed by atoms with Gasteiger partial charge in [-0.2, -0.15) is 0 Å². The molecule has 2 aromatic rings. The van der Waals surface area contributed by atoms with Crippen LogP contribution in [0.4, 0.5) is 0 Å². The largest absolute Gasteiger partial charge is 0.460 e. The molecule has 23 heavy (non-hydrogen) atoms. The molecule has 0 heterocycles. The molecule has 120 valence electrons. The average Bonchev–Trinajstić information content (AvgIpc) is 2.56. The molecule has 0 bridgehead atoms. The van der Waals surface area contributed by atoms with Crippen LogP contribution >= 0.6 is 11.6 Å². The number of ether oxygens (including phenoxy) is 3. The predicted octanol–water partition coefficient (Wildman–Crippen LogP) is 3.36. The first-order valence-electron chi connectivity index (χ1n) is 6.84. The van der Waals surface area contributed by atoms with Gasteiger partial charge >= 0.3 is 11.9 Å². The summed E-state index contributed by atoms with van der Waals surface area (Å²) in [6.07, 6.45) is 0. The highest BCUT2D eigenvalue weighted by atomic mass is 35.5. The zero-order valence-electron chi connectivity index (χ0n) is 12.5. The number of hydrogen-bond acceptors (Lipinski definition) is 5. The van der Waals surface area contributed by atoms with Gasteiger partial charge in [0.25, 0.3) is 0 Å². The Labute approximate surface area is 138 Å². The van der Waals surface area contributed by atoms with Gasteiger partial charge in [0.15, 0.2) is 0 Å². The molecule has 2 aromatic carbocycles. The van der Waals surface area contributed by atoms with Crippen molar-refractivity contribution in [1.82, 2.24) is 0 Å². The van der Waals surface area contributed by atoms with Crippen LogP contribution in [-0.2, 0) is 9.47 Å². The number of hydrogen-bond donors (Lipinski definition) is 0. The van der Waals surface area contributed by atoms with Crippen molar-refractivity contribution in [3.8, 4) is 5.75 Å². The van der Waals surface area contributed by atoms with E-state index in [4.69, 9.17) is 25.8 Å². The molecular weight excluding hydrogens is 320 g/mol. The van der Waals surface area contributed by atoms with Crippen molar-refractivity contribution in [2.75, 3.05) is 20.3 Å². The molecule has 0 saturated carbocycles. The van der Waals surface area contributed by atoms with E-state index < -0.39 is 11.9 Å². The smallest absolute Gasteiger partial charge is 0.345 e. The van der Waals surface area contributed by atoms with Gasteiger partial charge in [0.2, 0.25) is 0 Å². The molecule has 0 radical (unpaired) electrons. The lowest BCUT2D eigenvalue weighted by molar-refractivity contribution is 0.0388. The van der Waals surface area contributed by atoms with Gasteiger partial charge in [0, 0.05) is 7.11 Å². The van der Waals surface area contributed by atoms with Crippen molar-refractivity contribution < 1.29 is 23.8 Å². The van der Waals surface area contributed by atoms with E-state index in [1.807, 2.05) is 0 Å². The Kier molecular flexibility index (Phi) is 6.14. The third-order valence-electron chi connectivity index (χ3n) is 2.91. The van der Waals surface area contributed by atoms with Crippen LogP contribution in [0.25, 0.3) is 0 Å². The summed E-state index contributed by atoms with van der Waals surface area (Å²) >= 11 is 5.94. The highest BCUT2D eigenvalue weighted by Gasteiger charge is 2.13. The predicted molar refractivity (Wildman–Crippen MR) is 85.0 cm³/mol. The quantitative estimate of drug-likeness (QED) is 0.460. The van der Waals surface area contributed by atoms with Gasteiger partial charge in [-0.3, -0.25) is 0 Å². The summed E-state index contributed by atoms with van der Waals surface area (Å²) in [7, 11) is 1.52. The summed E-state index contributed by atoms with van der Waals surface area (Å²) in [6, 6.07) is 12.7. The molecule has 0 aliphatic carbocycles. The fourth-order valence-corrected chi connectivity index (χ4v) is 1.96. The fourth-order valence-electron chi connectivity index (χ4n) is 1.75. The van der Waals surface area contributed by atoms with Gasteiger partial charge < -0.3 is 14.2 Å². The second-order valence-electron chi connectivity index (χ2n) is 4.52. The SMILES string of the molecule is COCCOC(=O)c1ccc(OC(=O)c2ccccc2Cl)cc1. The molecule has 2 rings (SSSR count). The average molecular weight is 335 g/mol. The molecule has 0 aliphatic heterocycles. The van der Waals surface area contributed by atoms with Crippen LogP contribution in [0.1, 0.15) is 20.7 Å². The maximum absolute atomic E-state index is 12.0. The molecule has 6 heteroatoms. The molecule has 0 amide bonds.